The van der Waals surface area contributed by atoms with E-state index in [1.807, 2.05) is 48.2 Å². The molecule has 0 spiro atoms. The summed E-state index contributed by atoms with van der Waals surface area (Å²) < 4.78 is 11.3. The lowest BCUT2D eigenvalue weighted by Crippen LogP contribution is -2.43. The van der Waals surface area contributed by atoms with Crippen molar-refractivity contribution in [3.8, 4) is 29.0 Å². The van der Waals surface area contributed by atoms with E-state index in [1.54, 1.807) is 12.1 Å². The third kappa shape index (κ3) is 4.81. The molecule has 0 bridgehead atoms. The second-order valence-corrected chi connectivity index (χ2v) is 7.61. The maximum Gasteiger partial charge on any atom is 0.254 e. The van der Waals surface area contributed by atoms with Gasteiger partial charge in [-0.25, -0.2) is 0 Å². The molecule has 0 radical (unpaired) electrons. The number of nitriles is 1. The first-order chi connectivity index (χ1) is 15.2. The molecular weight excluding hydrogens is 392 g/mol. The molecule has 2 heterocycles. The molecule has 7 nitrogen and oxygen atoms in total. The van der Waals surface area contributed by atoms with Crippen molar-refractivity contribution in [1.82, 2.24) is 15.1 Å². The van der Waals surface area contributed by atoms with Crippen LogP contribution in [0.15, 0.2) is 52.9 Å². The average molecular weight is 416 g/mol. The maximum atomic E-state index is 13.1. The maximum absolute atomic E-state index is 13.1. The molecule has 3 aromatic rings. The Balaban J connectivity index is 1.52. The van der Waals surface area contributed by atoms with Gasteiger partial charge in [0.2, 0.25) is 11.8 Å². The second kappa shape index (κ2) is 9.54. The lowest BCUT2D eigenvalue weighted by Gasteiger charge is -2.34. The summed E-state index contributed by atoms with van der Waals surface area (Å²) in [5.41, 5.74) is 3.31. The van der Waals surface area contributed by atoms with Crippen molar-refractivity contribution in [3.63, 3.8) is 0 Å². The van der Waals surface area contributed by atoms with E-state index in [4.69, 9.17) is 14.4 Å². The number of amides is 1. The van der Waals surface area contributed by atoms with Crippen molar-refractivity contribution in [1.29, 1.82) is 5.26 Å². The van der Waals surface area contributed by atoms with Gasteiger partial charge in [0.15, 0.2) is 0 Å². The quantitative estimate of drug-likeness (QED) is 0.597. The number of carbonyl (C=O) groups is 1. The Labute approximate surface area is 181 Å². The average Bonchev–Trinajstić information content (AvgIpc) is 3.30. The van der Waals surface area contributed by atoms with Gasteiger partial charge < -0.3 is 14.1 Å². The third-order valence-corrected chi connectivity index (χ3v) is 5.43. The van der Waals surface area contributed by atoms with Crippen LogP contribution in [0.5, 0.6) is 0 Å². The van der Waals surface area contributed by atoms with Crippen LogP contribution in [0.1, 0.15) is 35.2 Å². The summed E-state index contributed by atoms with van der Waals surface area (Å²) in [4.78, 5) is 15.0. The van der Waals surface area contributed by atoms with Crippen LogP contribution in [0.3, 0.4) is 0 Å². The molecule has 1 aliphatic heterocycles. The van der Waals surface area contributed by atoms with Gasteiger partial charge in [0.1, 0.15) is 0 Å². The highest BCUT2D eigenvalue weighted by molar-refractivity contribution is 5.94. The molecule has 1 amide bonds. The predicted molar refractivity (Wildman–Crippen MR) is 115 cm³/mol. The summed E-state index contributed by atoms with van der Waals surface area (Å²) in [6.45, 7) is 3.71. The molecule has 2 aromatic carbocycles. The number of benzene rings is 2. The van der Waals surface area contributed by atoms with E-state index in [1.165, 1.54) is 0 Å². The number of aromatic nitrogens is 2. The molecule has 31 heavy (non-hydrogen) atoms. The first kappa shape index (κ1) is 20.8. The van der Waals surface area contributed by atoms with Crippen LogP contribution in [0.25, 0.3) is 22.9 Å². The largest absolute Gasteiger partial charge is 0.416 e. The first-order valence-corrected chi connectivity index (χ1v) is 10.4. The van der Waals surface area contributed by atoms with Gasteiger partial charge in [-0.1, -0.05) is 17.7 Å². The molecular formula is C24H24N4O3. The number of aryl methyl sites for hydroxylation is 1. The summed E-state index contributed by atoms with van der Waals surface area (Å²) >= 11 is 0. The summed E-state index contributed by atoms with van der Waals surface area (Å²) in [7, 11) is 0. The smallest absolute Gasteiger partial charge is 0.254 e. The highest BCUT2D eigenvalue weighted by atomic mass is 16.5. The first-order valence-electron chi connectivity index (χ1n) is 10.4. The van der Waals surface area contributed by atoms with Gasteiger partial charge in [-0.15, -0.1) is 10.2 Å². The normalized spacial score (nSPS) is 14.2. The SMILES string of the molecule is Cc1cccc(-c2nnc(-c3ccc(C(=O)N(CCC#N)C4CCOCC4)cc3)o2)c1. The number of nitrogens with zero attached hydrogens (tertiary/aromatic N) is 4. The van der Waals surface area contributed by atoms with E-state index in [9.17, 15) is 4.79 Å². The number of hydrogen-bond donors (Lipinski definition) is 0. The lowest BCUT2D eigenvalue weighted by atomic mass is 10.0. The number of rotatable bonds is 6. The minimum atomic E-state index is -0.0697. The molecule has 0 aliphatic carbocycles. The zero-order valence-electron chi connectivity index (χ0n) is 17.5. The number of hydrogen-bond acceptors (Lipinski definition) is 6. The molecule has 1 aromatic heterocycles. The Hall–Kier alpha value is -3.50. The van der Waals surface area contributed by atoms with Crippen molar-refractivity contribution in [2.45, 2.75) is 32.2 Å². The van der Waals surface area contributed by atoms with E-state index in [0.29, 0.717) is 43.5 Å². The van der Waals surface area contributed by atoms with E-state index in [-0.39, 0.29) is 11.9 Å². The topological polar surface area (TPSA) is 92.2 Å². The zero-order valence-corrected chi connectivity index (χ0v) is 17.5. The molecule has 0 atom stereocenters. The van der Waals surface area contributed by atoms with Gasteiger partial charge in [0.05, 0.1) is 12.5 Å². The van der Waals surface area contributed by atoms with Crippen LogP contribution < -0.4 is 0 Å². The van der Waals surface area contributed by atoms with Crippen LogP contribution in [0, 0.1) is 18.3 Å². The Bertz CT molecular complexity index is 1080. The summed E-state index contributed by atoms with van der Waals surface area (Å²) in [5.74, 6) is 0.794. The summed E-state index contributed by atoms with van der Waals surface area (Å²) in [5, 5.41) is 17.3. The molecule has 0 saturated carbocycles. The monoisotopic (exact) mass is 416 g/mol. The summed E-state index contributed by atoms with van der Waals surface area (Å²) in [6, 6.07) is 17.3. The van der Waals surface area contributed by atoms with Gasteiger partial charge >= 0.3 is 0 Å². The zero-order chi connectivity index (χ0) is 21.6. The van der Waals surface area contributed by atoms with Crippen LogP contribution in [0.4, 0.5) is 0 Å². The van der Waals surface area contributed by atoms with Crippen molar-refractivity contribution < 1.29 is 13.9 Å². The van der Waals surface area contributed by atoms with E-state index >= 15 is 0 Å². The Kier molecular flexibility index (Phi) is 6.39. The fourth-order valence-electron chi connectivity index (χ4n) is 3.77. The molecule has 4 rings (SSSR count). The van der Waals surface area contributed by atoms with Crippen molar-refractivity contribution in [2.24, 2.45) is 0 Å². The molecule has 1 aliphatic rings. The molecule has 1 saturated heterocycles. The molecule has 1 fully saturated rings. The van der Waals surface area contributed by atoms with Crippen molar-refractivity contribution in [2.75, 3.05) is 19.8 Å². The molecule has 0 N–H and O–H groups in total. The van der Waals surface area contributed by atoms with Gasteiger partial charge in [0.25, 0.3) is 5.91 Å². The van der Waals surface area contributed by atoms with Crippen LogP contribution in [0.2, 0.25) is 0 Å². The van der Waals surface area contributed by atoms with E-state index in [2.05, 4.69) is 16.3 Å². The van der Waals surface area contributed by atoms with Crippen LogP contribution >= 0.6 is 0 Å². The highest BCUT2D eigenvalue weighted by Crippen LogP contribution is 2.25. The Morgan fingerprint density at radius 3 is 2.48 bits per heavy atom. The fourth-order valence-corrected chi connectivity index (χ4v) is 3.77. The molecule has 158 valence electrons. The predicted octanol–water partition coefficient (Wildman–Crippen LogP) is 4.25. The van der Waals surface area contributed by atoms with E-state index in [0.717, 1.165) is 29.5 Å². The highest BCUT2D eigenvalue weighted by Gasteiger charge is 2.26. The summed E-state index contributed by atoms with van der Waals surface area (Å²) in [6.07, 6.45) is 1.89. The van der Waals surface area contributed by atoms with E-state index < -0.39 is 0 Å². The van der Waals surface area contributed by atoms with Gasteiger partial charge in [-0.2, -0.15) is 5.26 Å². The minimum absolute atomic E-state index is 0.0697. The lowest BCUT2D eigenvalue weighted by molar-refractivity contribution is 0.0296. The van der Waals surface area contributed by atoms with Gasteiger partial charge in [-0.05, 0) is 56.2 Å². The molecule has 7 heteroatoms. The standard InChI is InChI=1S/C24H24N4O3/c1-17-4-2-5-20(16-17)23-27-26-22(31-23)18-6-8-19(9-7-18)24(29)28(13-3-12-25)21-10-14-30-15-11-21/h2,4-9,16,21H,3,10-11,13-15H2,1H3. The Morgan fingerprint density at radius 1 is 1.10 bits per heavy atom. The van der Waals surface area contributed by atoms with Crippen LogP contribution in [-0.2, 0) is 4.74 Å². The number of ether oxygens (including phenoxy) is 1. The second-order valence-electron chi connectivity index (χ2n) is 7.61. The number of carbonyl (C=O) groups excluding carboxylic acids is 1. The Morgan fingerprint density at radius 2 is 1.81 bits per heavy atom. The fraction of sp³-hybridized carbons (Fsp3) is 0.333. The third-order valence-electron chi connectivity index (χ3n) is 5.43. The molecule has 0 unspecified atom stereocenters. The van der Waals surface area contributed by atoms with Crippen LogP contribution in [-0.4, -0.2) is 46.8 Å². The van der Waals surface area contributed by atoms with Crippen molar-refractivity contribution >= 4 is 5.91 Å². The minimum Gasteiger partial charge on any atom is -0.416 e. The van der Waals surface area contributed by atoms with Gasteiger partial charge in [-0.3, -0.25) is 4.79 Å². The van der Waals surface area contributed by atoms with Crippen molar-refractivity contribution in [3.05, 3.63) is 59.7 Å². The van der Waals surface area contributed by atoms with Gasteiger partial charge in [0, 0.05) is 42.5 Å².